The van der Waals surface area contributed by atoms with Gasteiger partial charge in [0.1, 0.15) is 0 Å². The Morgan fingerprint density at radius 3 is 2.86 bits per heavy atom. The highest BCUT2D eigenvalue weighted by Crippen LogP contribution is 2.32. The van der Waals surface area contributed by atoms with Crippen molar-refractivity contribution in [3.05, 3.63) is 35.4 Å². The van der Waals surface area contributed by atoms with Crippen LogP contribution in [0, 0.1) is 12.8 Å². The van der Waals surface area contributed by atoms with Crippen LogP contribution in [0.15, 0.2) is 24.3 Å². The van der Waals surface area contributed by atoms with E-state index in [1.54, 1.807) is 0 Å². The highest BCUT2D eigenvalue weighted by atomic mass is 16.6. The van der Waals surface area contributed by atoms with E-state index in [9.17, 15) is 5.11 Å². The Bertz CT molecular complexity index is 460. The van der Waals surface area contributed by atoms with E-state index >= 15 is 0 Å². The second-order valence-electron chi connectivity index (χ2n) is 6.54. The van der Waals surface area contributed by atoms with Crippen LogP contribution in [0.3, 0.4) is 0 Å². The summed E-state index contributed by atoms with van der Waals surface area (Å²) in [6.07, 6.45) is 5.71. The van der Waals surface area contributed by atoms with Crippen LogP contribution in [0.25, 0.3) is 0 Å². The molecule has 116 valence electrons. The summed E-state index contributed by atoms with van der Waals surface area (Å²) >= 11 is 0. The Morgan fingerprint density at radius 1 is 1.19 bits per heavy atom. The van der Waals surface area contributed by atoms with Gasteiger partial charge in [0.15, 0.2) is 6.29 Å². The van der Waals surface area contributed by atoms with E-state index in [-0.39, 0.29) is 0 Å². The van der Waals surface area contributed by atoms with Gasteiger partial charge in [0, 0.05) is 11.6 Å². The van der Waals surface area contributed by atoms with Gasteiger partial charge in [-0.15, -0.1) is 0 Å². The molecule has 0 radical (unpaired) electrons. The molecule has 0 spiro atoms. The third-order valence-corrected chi connectivity index (χ3v) is 5.15. The van der Waals surface area contributed by atoms with Crippen LogP contribution in [0.2, 0.25) is 0 Å². The standard InChI is InChI=1S/C18H27NO2/c1-14-7-2-3-9-16(14)18(20)21-13-15-8-6-12-19-11-5-4-10-17(15)19/h2-3,7,9,15,17-18,20H,4-6,8,10-13H2,1H3/t15-,17-,18-/m1/s1. The molecule has 0 aromatic heterocycles. The van der Waals surface area contributed by atoms with Crippen molar-refractivity contribution in [1.29, 1.82) is 0 Å². The zero-order valence-electron chi connectivity index (χ0n) is 13.0. The Morgan fingerprint density at radius 2 is 2.00 bits per heavy atom. The molecule has 0 saturated carbocycles. The maximum Gasteiger partial charge on any atom is 0.181 e. The highest BCUT2D eigenvalue weighted by molar-refractivity contribution is 5.26. The van der Waals surface area contributed by atoms with E-state index in [0.29, 0.717) is 18.6 Å². The van der Waals surface area contributed by atoms with Gasteiger partial charge in [-0.1, -0.05) is 30.7 Å². The minimum absolute atomic E-state index is 0.581. The average molecular weight is 289 g/mol. The summed E-state index contributed by atoms with van der Waals surface area (Å²) in [5.41, 5.74) is 1.99. The molecule has 1 aromatic carbocycles. The van der Waals surface area contributed by atoms with Gasteiger partial charge in [-0.2, -0.15) is 0 Å². The monoisotopic (exact) mass is 289 g/mol. The molecule has 0 amide bonds. The number of fused-ring (bicyclic) bond motifs is 1. The third-order valence-electron chi connectivity index (χ3n) is 5.15. The maximum atomic E-state index is 10.3. The first-order chi connectivity index (χ1) is 10.3. The fourth-order valence-electron chi connectivity index (χ4n) is 3.94. The van der Waals surface area contributed by atoms with Crippen LogP contribution in [0.4, 0.5) is 0 Å². The molecule has 0 unspecified atom stereocenters. The molecule has 21 heavy (non-hydrogen) atoms. The third kappa shape index (κ3) is 3.47. The van der Waals surface area contributed by atoms with Crippen molar-refractivity contribution >= 4 is 0 Å². The fraction of sp³-hybridized carbons (Fsp3) is 0.667. The number of piperidine rings is 2. The predicted octanol–water partition coefficient (Wildman–Crippen LogP) is 3.27. The SMILES string of the molecule is Cc1ccccc1[C@H](O)OC[C@H]1CCCN2CCCC[C@H]12. The van der Waals surface area contributed by atoms with Crippen molar-refractivity contribution < 1.29 is 9.84 Å². The molecule has 0 bridgehead atoms. The molecule has 1 N–H and O–H groups in total. The zero-order valence-corrected chi connectivity index (χ0v) is 13.0. The number of ether oxygens (including phenoxy) is 1. The molecule has 3 atom stereocenters. The molecule has 0 aliphatic carbocycles. The summed E-state index contributed by atoms with van der Waals surface area (Å²) in [6, 6.07) is 8.60. The van der Waals surface area contributed by atoms with Crippen molar-refractivity contribution in [3.8, 4) is 0 Å². The molecule has 2 aliphatic rings. The first kappa shape index (κ1) is 15.0. The van der Waals surface area contributed by atoms with Crippen LogP contribution in [0.5, 0.6) is 0 Å². The van der Waals surface area contributed by atoms with Crippen molar-refractivity contribution in [2.45, 2.75) is 51.4 Å². The largest absolute Gasteiger partial charge is 0.364 e. The first-order valence-corrected chi connectivity index (χ1v) is 8.35. The van der Waals surface area contributed by atoms with Crippen LogP contribution in [-0.4, -0.2) is 35.7 Å². The lowest BCUT2D eigenvalue weighted by molar-refractivity contribution is -0.126. The molecular formula is C18H27NO2. The molecule has 3 nitrogen and oxygen atoms in total. The second kappa shape index (κ2) is 6.91. The van der Waals surface area contributed by atoms with E-state index < -0.39 is 6.29 Å². The van der Waals surface area contributed by atoms with Gasteiger partial charge >= 0.3 is 0 Å². The van der Waals surface area contributed by atoms with Gasteiger partial charge < -0.3 is 14.7 Å². The zero-order chi connectivity index (χ0) is 14.7. The number of aliphatic hydroxyl groups is 1. The number of nitrogens with zero attached hydrogens (tertiary/aromatic N) is 1. The molecule has 3 rings (SSSR count). The summed E-state index contributed by atoms with van der Waals surface area (Å²) < 4.78 is 5.83. The van der Waals surface area contributed by atoms with Gasteiger partial charge in [-0.05, 0) is 57.2 Å². The summed E-state index contributed by atoms with van der Waals surface area (Å²) in [6.45, 7) is 5.20. The maximum absolute atomic E-state index is 10.3. The topological polar surface area (TPSA) is 32.7 Å². The molecule has 2 heterocycles. The smallest absolute Gasteiger partial charge is 0.181 e. The van der Waals surface area contributed by atoms with Gasteiger partial charge in [-0.25, -0.2) is 0 Å². The lowest BCUT2D eigenvalue weighted by Gasteiger charge is -2.44. The van der Waals surface area contributed by atoms with Gasteiger partial charge in [0.2, 0.25) is 0 Å². The van der Waals surface area contributed by atoms with Gasteiger partial charge in [0.25, 0.3) is 0 Å². The van der Waals surface area contributed by atoms with Crippen molar-refractivity contribution in [2.75, 3.05) is 19.7 Å². The van der Waals surface area contributed by atoms with Crippen LogP contribution in [-0.2, 0) is 4.74 Å². The predicted molar refractivity (Wildman–Crippen MR) is 84.0 cm³/mol. The number of rotatable bonds is 4. The normalized spacial score (nSPS) is 28.1. The second-order valence-corrected chi connectivity index (χ2v) is 6.54. The Labute approximate surface area is 127 Å². The molecule has 2 saturated heterocycles. The minimum Gasteiger partial charge on any atom is -0.364 e. The quantitative estimate of drug-likeness (QED) is 0.864. The highest BCUT2D eigenvalue weighted by Gasteiger charge is 2.33. The summed E-state index contributed by atoms with van der Waals surface area (Å²) in [7, 11) is 0. The summed E-state index contributed by atoms with van der Waals surface area (Å²) in [5.74, 6) is 0.581. The number of aliphatic hydroxyl groups excluding tert-OH is 1. The van der Waals surface area contributed by atoms with E-state index in [1.807, 2.05) is 31.2 Å². The summed E-state index contributed by atoms with van der Waals surface area (Å²) in [4.78, 5) is 2.64. The Kier molecular flexibility index (Phi) is 4.94. The number of hydrogen-bond acceptors (Lipinski definition) is 3. The van der Waals surface area contributed by atoms with E-state index in [0.717, 1.165) is 11.1 Å². The minimum atomic E-state index is -0.787. The molecule has 1 aromatic rings. The van der Waals surface area contributed by atoms with Crippen LogP contribution in [0.1, 0.15) is 49.5 Å². The molecule has 2 aliphatic heterocycles. The summed E-state index contributed by atoms with van der Waals surface area (Å²) in [5, 5.41) is 10.3. The first-order valence-electron chi connectivity index (χ1n) is 8.35. The van der Waals surface area contributed by atoms with Crippen LogP contribution >= 0.6 is 0 Å². The number of benzene rings is 1. The van der Waals surface area contributed by atoms with E-state index in [4.69, 9.17) is 4.74 Å². The van der Waals surface area contributed by atoms with E-state index in [1.165, 1.54) is 45.2 Å². The number of aryl methyl sites for hydroxylation is 1. The van der Waals surface area contributed by atoms with Crippen molar-refractivity contribution in [2.24, 2.45) is 5.92 Å². The average Bonchev–Trinajstić information content (AvgIpc) is 2.53. The lowest BCUT2D eigenvalue weighted by Crippen LogP contribution is -2.49. The number of hydrogen-bond donors (Lipinski definition) is 1. The molecule has 3 heteroatoms. The van der Waals surface area contributed by atoms with E-state index in [2.05, 4.69) is 4.90 Å². The van der Waals surface area contributed by atoms with Gasteiger partial charge in [-0.3, -0.25) is 0 Å². The fourth-order valence-corrected chi connectivity index (χ4v) is 3.94. The van der Waals surface area contributed by atoms with Crippen molar-refractivity contribution in [3.63, 3.8) is 0 Å². The van der Waals surface area contributed by atoms with Crippen LogP contribution < -0.4 is 0 Å². The lowest BCUT2D eigenvalue weighted by atomic mass is 9.84. The van der Waals surface area contributed by atoms with Crippen molar-refractivity contribution in [1.82, 2.24) is 4.90 Å². The molecular weight excluding hydrogens is 262 g/mol. The molecule has 2 fully saturated rings. The Hall–Kier alpha value is -0.900. The Balaban J connectivity index is 1.58. The van der Waals surface area contributed by atoms with Gasteiger partial charge in [0.05, 0.1) is 6.61 Å².